The topological polar surface area (TPSA) is 58.6 Å². The third kappa shape index (κ3) is 4.23. The summed E-state index contributed by atoms with van der Waals surface area (Å²) < 4.78 is 4.83. The van der Waals surface area contributed by atoms with Gasteiger partial charge in [0.15, 0.2) is 0 Å². The van der Waals surface area contributed by atoms with Gasteiger partial charge in [0.1, 0.15) is 0 Å². The van der Waals surface area contributed by atoms with Gasteiger partial charge in [-0.2, -0.15) is 0 Å². The molecule has 0 bridgehead atoms. The van der Waals surface area contributed by atoms with Gasteiger partial charge in [0.25, 0.3) is 0 Å². The molecule has 92 valence electrons. The van der Waals surface area contributed by atoms with Crippen molar-refractivity contribution in [1.82, 2.24) is 5.32 Å². The lowest BCUT2D eigenvalue weighted by Gasteiger charge is -2.30. The average molecular weight is 227 g/mol. The van der Waals surface area contributed by atoms with Crippen LogP contribution in [0.3, 0.4) is 0 Å². The third-order valence-corrected chi connectivity index (χ3v) is 3.04. The van der Waals surface area contributed by atoms with Gasteiger partial charge in [-0.3, -0.25) is 0 Å². The molecule has 1 saturated carbocycles. The SMILES string of the molecule is C=C(C)OC(=O)N[C@H]1CC[C@@H](C(C)O)CC1. The Hall–Kier alpha value is -1.03. The van der Waals surface area contributed by atoms with Gasteiger partial charge in [-0.15, -0.1) is 0 Å². The monoisotopic (exact) mass is 227 g/mol. The fourth-order valence-corrected chi connectivity index (χ4v) is 2.10. The van der Waals surface area contributed by atoms with E-state index in [0.29, 0.717) is 11.7 Å². The van der Waals surface area contributed by atoms with Gasteiger partial charge >= 0.3 is 6.09 Å². The molecule has 0 saturated heterocycles. The van der Waals surface area contributed by atoms with Crippen LogP contribution >= 0.6 is 0 Å². The minimum Gasteiger partial charge on any atom is -0.416 e. The first-order valence-electron chi connectivity index (χ1n) is 5.81. The highest BCUT2D eigenvalue weighted by atomic mass is 16.6. The molecule has 1 fully saturated rings. The van der Waals surface area contributed by atoms with Crippen LogP contribution in [-0.4, -0.2) is 23.3 Å². The summed E-state index contributed by atoms with van der Waals surface area (Å²) in [5, 5.41) is 12.2. The molecule has 1 atom stereocenters. The zero-order valence-corrected chi connectivity index (χ0v) is 10.0. The summed E-state index contributed by atoms with van der Waals surface area (Å²) in [5.41, 5.74) is 0. The molecular formula is C12H21NO3. The van der Waals surface area contributed by atoms with Crippen LogP contribution in [0.25, 0.3) is 0 Å². The van der Waals surface area contributed by atoms with Gasteiger partial charge in [-0.25, -0.2) is 4.79 Å². The first kappa shape index (κ1) is 13.0. The van der Waals surface area contributed by atoms with E-state index in [0.717, 1.165) is 25.7 Å². The standard InChI is InChI=1S/C12H21NO3/c1-8(2)16-12(15)13-11-6-4-10(5-7-11)9(3)14/h9-11,14H,1,4-7H2,2-3H3,(H,13,15)/t9?,10-,11+. The molecule has 0 aromatic carbocycles. The largest absolute Gasteiger partial charge is 0.416 e. The van der Waals surface area contributed by atoms with E-state index >= 15 is 0 Å². The summed E-state index contributed by atoms with van der Waals surface area (Å²) in [6.07, 6.45) is 3.05. The zero-order chi connectivity index (χ0) is 12.1. The van der Waals surface area contributed by atoms with Crippen molar-refractivity contribution in [2.24, 2.45) is 5.92 Å². The second kappa shape index (κ2) is 5.89. The molecule has 4 nitrogen and oxygen atoms in total. The van der Waals surface area contributed by atoms with E-state index in [1.807, 2.05) is 6.92 Å². The van der Waals surface area contributed by atoms with E-state index in [1.54, 1.807) is 6.92 Å². The Bertz CT molecular complexity index is 255. The van der Waals surface area contributed by atoms with Crippen LogP contribution in [0.2, 0.25) is 0 Å². The Morgan fingerprint density at radius 3 is 2.44 bits per heavy atom. The number of allylic oxidation sites excluding steroid dienone is 1. The van der Waals surface area contributed by atoms with Gasteiger partial charge in [-0.1, -0.05) is 6.58 Å². The van der Waals surface area contributed by atoms with E-state index in [2.05, 4.69) is 11.9 Å². The number of alkyl carbamates (subject to hydrolysis) is 1. The second-order valence-electron chi connectivity index (χ2n) is 4.59. The minimum atomic E-state index is -0.423. The number of carbonyl (C=O) groups is 1. The molecule has 1 amide bonds. The molecule has 1 unspecified atom stereocenters. The van der Waals surface area contributed by atoms with Gasteiger partial charge in [-0.05, 0) is 45.4 Å². The summed E-state index contributed by atoms with van der Waals surface area (Å²) in [6, 6.07) is 0.168. The molecule has 0 aromatic rings. The van der Waals surface area contributed by atoms with Gasteiger partial charge in [0.05, 0.1) is 11.9 Å². The number of hydrogen-bond acceptors (Lipinski definition) is 3. The minimum absolute atomic E-state index is 0.168. The molecule has 4 heteroatoms. The van der Waals surface area contributed by atoms with Gasteiger partial charge < -0.3 is 15.2 Å². The number of carbonyl (C=O) groups excluding carboxylic acids is 1. The first-order chi connectivity index (χ1) is 7.49. The highest BCUT2D eigenvalue weighted by Gasteiger charge is 2.25. The third-order valence-electron chi connectivity index (χ3n) is 3.04. The Balaban J connectivity index is 2.26. The number of nitrogens with one attached hydrogen (secondary N) is 1. The fraction of sp³-hybridized carbons (Fsp3) is 0.750. The van der Waals surface area contributed by atoms with Crippen LogP contribution in [0.15, 0.2) is 12.3 Å². The molecule has 1 aliphatic rings. The zero-order valence-electron chi connectivity index (χ0n) is 10.0. The molecule has 0 heterocycles. The summed E-state index contributed by atoms with van der Waals surface area (Å²) in [7, 11) is 0. The van der Waals surface area contributed by atoms with Crippen LogP contribution < -0.4 is 5.32 Å². The molecule has 1 aliphatic carbocycles. The number of amides is 1. The summed E-state index contributed by atoms with van der Waals surface area (Å²) in [5.74, 6) is 0.769. The van der Waals surface area contributed by atoms with Crippen LogP contribution in [-0.2, 0) is 4.74 Å². The van der Waals surface area contributed by atoms with Crippen LogP contribution in [0, 0.1) is 5.92 Å². The lowest BCUT2D eigenvalue weighted by atomic mass is 9.83. The van der Waals surface area contributed by atoms with Crippen molar-refractivity contribution in [3.63, 3.8) is 0 Å². The lowest BCUT2D eigenvalue weighted by Crippen LogP contribution is -2.39. The quantitative estimate of drug-likeness (QED) is 0.726. The number of aliphatic hydroxyl groups excluding tert-OH is 1. The molecule has 0 aliphatic heterocycles. The molecule has 0 radical (unpaired) electrons. The first-order valence-corrected chi connectivity index (χ1v) is 5.81. The normalized spacial score (nSPS) is 26.9. The Labute approximate surface area is 96.7 Å². The maximum absolute atomic E-state index is 11.3. The Morgan fingerprint density at radius 2 is 2.00 bits per heavy atom. The molecule has 1 rings (SSSR count). The van der Waals surface area contributed by atoms with Crippen LogP contribution in [0.5, 0.6) is 0 Å². The van der Waals surface area contributed by atoms with E-state index in [1.165, 1.54) is 0 Å². The van der Waals surface area contributed by atoms with E-state index in [4.69, 9.17) is 4.74 Å². The van der Waals surface area contributed by atoms with Crippen molar-refractivity contribution in [3.05, 3.63) is 12.3 Å². The maximum Gasteiger partial charge on any atom is 0.412 e. The van der Waals surface area contributed by atoms with Crippen molar-refractivity contribution >= 4 is 6.09 Å². The van der Waals surface area contributed by atoms with Crippen molar-refractivity contribution in [2.45, 2.75) is 51.7 Å². The van der Waals surface area contributed by atoms with E-state index in [9.17, 15) is 9.90 Å². The highest BCUT2D eigenvalue weighted by Crippen LogP contribution is 2.26. The number of rotatable bonds is 3. The Morgan fingerprint density at radius 1 is 1.44 bits per heavy atom. The Kier molecular flexibility index (Phi) is 4.80. The maximum atomic E-state index is 11.3. The summed E-state index contributed by atoms with van der Waals surface area (Å²) >= 11 is 0. The summed E-state index contributed by atoms with van der Waals surface area (Å²) in [4.78, 5) is 11.3. The molecular weight excluding hydrogens is 206 g/mol. The molecule has 2 N–H and O–H groups in total. The fourth-order valence-electron chi connectivity index (χ4n) is 2.10. The predicted molar refractivity (Wildman–Crippen MR) is 61.9 cm³/mol. The molecule has 16 heavy (non-hydrogen) atoms. The second-order valence-corrected chi connectivity index (χ2v) is 4.59. The van der Waals surface area contributed by atoms with Crippen LogP contribution in [0.1, 0.15) is 39.5 Å². The molecule has 0 spiro atoms. The number of hydrogen-bond donors (Lipinski definition) is 2. The lowest BCUT2D eigenvalue weighted by molar-refractivity contribution is 0.0924. The average Bonchev–Trinajstić information content (AvgIpc) is 2.16. The van der Waals surface area contributed by atoms with Crippen molar-refractivity contribution < 1.29 is 14.6 Å². The van der Waals surface area contributed by atoms with E-state index in [-0.39, 0.29) is 12.1 Å². The van der Waals surface area contributed by atoms with Crippen molar-refractivity contribution in [2.75, 3.05) is 0 Å². The van der Waals surface area contributed by atoms with Crippen LogP contribution in [0.4, 0.5) is 4.79 Å². The van der Waals surface area contributed by atoms with Crippen molar-refractivity contribution in [1.29, 1.82) is 0 Å². The number of ether oxygens (including phenoxy) is 1. The van der Waals surface area contributed by atoms with Crippen molar-refractivity contribution in [3.8, 4) is 0 Å². The molecule has 0 aromatic heterocycles. The number of aliphatic hydroxyl groups is 1. The van der Waals surface area contributed by atoms with E-state index < -0.39 is 6.09 Å². The summed E-state index contributed by atoms with van der Waals surface area (Å²) in [6.45, 7) is 6.98. The smallest absolute Gasteiger partial charge is 0.412 e. The van der Waals surface area contributed by atoms with Gasteiger partial charge in [0.2, 0.25) is 0 Å². The van der Waals surface area contributed by atoms with Gasteiger partial charge in [0, 0.05) is 6.04 Å². The predicted octanol–water partition coefficient (Wildman–Crippen LogP) is 2.19. The highest BCUT2D eigenvalue weighted by molar-refractivity contribution is 5.68.